The Morgan fingerprint density at radius 2 is 0.787 bits per heavy atom. The summed E-state index contributed by atoms with van der Waals surface area (Å²) in [5, 5.41) is 0. The van der Waals surface area contributed by atoms with E-state index in [1.165, 1.54) is 12.2 Å². The second kappa shape index (κ2) is 47.6. The van der Waals surface area contributed by atoms with Gasteiger partial charge >= 0.3 is 23.9 Å². The lowest BCUT2D eigenvalue weighted by Crippen LogP contribution is -2.53. The summed E-state index contributed by atoms with van der Waals surface area (Å²) in [5.74, 6) is -8.40. The van der Waals surface area contributed by atoms with Gasteiger partial charge in [0.25, 0.3) is 0 Å². The van der Waals surface area contributed by atoms with Crippen LogP contribution in [0.3, 0.4) is 0 Å². The van der Waals surface area contributed by atoms with Gasteiger partial charge in [-0.2, -0.15) is 0 Å². The van der Waals surface area contributed by atoms with E-state index in [0.29, 0.717) is 99.3 Å². The van der Waals surface area contributed by atoms with Gasteiger partial charge in [0.1, 0.15) is 36.0 Å². The molecular formula is C98H142Br2O22. The van der Waals surface area contributed by atoms with Crippen LogP contribution in [0.25, 0.3) is 0 Å². The van der Waals surface area contributed by atoms with Gasteiger partial charge in [0, 0.05) is 136 Å². The molecule has 28 atom stereocenters. The maximum absolute atomic E-state index is 15.0. The van der Waals surface area contributed by atoms with Gasteiger partial charge in [-0.15, -0.1) is 0 Å². The smallest absolute Gasteiger partial charge is 0.338 e. The molecule has 0 aliphatic carbocycles. The Morgan fingerprint density at radius 1 is 0.434 bits per heavy atom. The molecule has 0 amide bonds. The maximum Gasteiger partial charge on any atom is 0.338 e. The van der Waals surface area contributed by atoms with Crippen LogP contribution in [0.5, 0.6) is 0 Å². The Hall–Kier alpha value is -5.42. The summed E-state index contributed by atoms with van der Waals surface area (Å²) in [6, 6.07) is 14.0. The lowest BCUT2D eigenvalue weighted by Gasteiger charge is -2.47. The molecule has 7 heterocycles. The minimum absolute atomic E-state index is 0.0261. The number of hydrogen-bond donors (Lipinski definition) is 0. The van der Waals surface area contributed by atoms with E-state index in [9.17, 15) is 28.8 Å². The van der Waals surface area contributed by atoms with Crippen LogP contribution in [0, 0.1) is 47.3 Å². The van der Waals surface area contributed by atoms with E-state index in [0.717, 1.165) is 34.6 Å². The number of ether oxygens (including phenoxy) is 16. The third kappa shape index (κ3) is 30.4. The van der Waals surface area contributed by atoms with E-state index >= 15 is 0 Å². The summed E-state index contributed by atoms with van der Waals surface area (Å²) < 4.78 is 106. The Labute approximate surface area is 743 Å². The highest BCUT2D eigenvalue weighted by molar-refractivity contribution is 9.10. The molecule has 7 aliphatic rings. The number of halogens is 2. The number of carbonyl (C=O) groups excluding carboxylic acids is 6. The average Bonchev–Trinajstić information content (AvgIpc) is 0.791. The fraction of sp³-hybridized carbons (Fsp3) is 0.694. The number of esters is 4. The van der Waals surface area contributed by atoms with Crippen LogP contribution in [-0.4, -0.2) is 198 Å². The summed E-state index contributed by atoms with van der Waals surface area (Å²) in [4.78, 5) is 87.4. The molecule has 8 bridgehead atoms. The number of cyclic esters (lactones) is 2. The zero-order chi connectivity index (χ0) is 88.9. The zero-order valence-corrected chi connectivity index (χ0v) is 79.2. The van der Waals surface area contributed by atoms with E-state index < -0.39 is 132 Å². The molecule has 4 saturated heterocycles. The molecule has 24 heteroatoms. The molecule has 7 aliphatic heterocycles. The quantitative estimate of drug-likeness (QED) is 0.0678. The van der Waals surface area contributed by atoms with Crippen LogP contribution < -0.4 is 0 Å². The summed E-state index contributed by atoms with van der Waals surface area (Å²) in [5.41, 5.74) is 2.16. The highest BCUT2D eigenvalue weighted by atomic mass is 79.9. The molecule has 2 aromatic rings. The Kier molecular flexibility index (Phi) is 39.1. The Bertz CT molecular complexity index is 3620. The SMILES string of the molecule is CO[C@H]1C[C@H](CC[C@H](C)C(=O)[C@H](C)[C@H]2OC(=O)/C=C/C(C)=C/C[C@H](OC(=O)c3ccc(Br)cc3)C[C@@H]3C=CC[C@@H](C[C@H](OC)[C@@H](C)[C@@H]4C[C@@H](OC(C)(C)O4)[C@H](C)[C@@H]([C@@H](C)C(=O)[C@@H](C)CC[C@H]4C[C@H](OC)C[C@H](C)O4)OC(=O)/C=C/C(C)=C/C[C@H](OC(=O)c4ccc(Br)cc4)C[C@H]4C=CC[C@@H](C[C@H](OC)[C@@H](C)[C@@H]5C[C@@H](OC(C)(C)O5)[C@@H]2C)O4)O3)O[C@@H](C)C1. The number of ketones is 2. The van der Waals surface area contributed by atoms with Crippen LogP contribution in [0.2, 0.25) is 0 Å². The second-order valence-electron chi connectivity index (χ2n) is 36.8. The summed E-state index contributed by atoms with van der Waals surface area (Å²) in [6.07, 6.45) is 20.4. The van der Waals surface area contributed by atoms with Crippen LogP contribution in [-0.2, 0) is 95.0 Å². The molecular weight excluding hydrogens is 1690 g/mol. The van der Waals surface area contributed by atoms with Crippen molar-refractivity contribution in [3.63, 3.8) is 0 Å². The van der Waals surface area contributed by atoms with Crippen molar-refractivity contribution >= 4 is 67.3 Å². The second-order valence-corrected chi connectivity index (χ2v) is 38.6. The minimum Gasteiger partial charge on any atom is -0.458 e. The molecule has 22 nitrogen and oxygen atoms in total. The minimum atomic E-state index is -1.11. The van der Waals surface area contributed by atoms with Crippen LogP contribution in [0.4, 0.5) is 0 Å². The standard InChI is InChI=1S/C98H142Br2O22/c1-57-27-41-79(115-95(105)69-33-37-71(99)38-34-69)49-73-23-21-25-75(113-73)53-83(109-19)63(7)86-56-88(122-98(15,16)120-86)66(10)94(68(12)92(104)60(4)32-44-78-52-82(108-18)48-62(6)112-78)118-90(102)46-30-58(2)28-42-80(116-96(106)70-35-39-72(100)40-36-70)50-74-24-22-26-76(114-74)54-84(110-20)64(8)85-55-87(121-97(13,14)119-85)65(9)93(117-89(101)45-29-57)67(11)91(103)59(3)31-43-77-51-81(107-17)47-61(5)111-77/h21-24,27-30,33-40,45-46,59-68,73-88,93-94H,25-26,31-32,41-44,47-56H2,1-20H3/b45-29+,46-30+,57-27+,58-28+/t59-,60-,61-,62-,63+,64+,65-,66-,67-,68-,73-,74+,75-,76-,77-,78-,79-,80-,81+,82+,83-,84-,85-,86-,87+,88+,93-,94-/m0/s1. The van der Waals surface area contributed by atoms with Gasteiger partial charge in [-0.3, -0.25) is 9.59 Å². The third-order valence-electron chi connectivity index (χ3n) is 26.1. The first-order valence-electron chi connectivity index (χ1n) is 44.8. The molecule has 2 aromatic carbocycles. The van der Waals surface area contributed by atoms with Crippen molar-refractivity contribution in [3.8, 4) is 0 Å². The largest absolute Gasteiger partial charge is 0.458 e. The monoisotopic (exact) mass is 1830 g/mol. The van der Waals surface area contributed by atoms with Crippen molar-refractivity contribution in [2.75, 3.05) is 28.4 Å². The van der Waals surface area contributed by atoms with E-state index in [1.54, 1.807) is 89.1 Å². The molecule has 0 N–H and O–H groups in total. The highest BCUT2D eigenvalue weighted by Crippen LogP contribution is 2.43. The van der Waals surface area contributed by atoms with Gasteiger partial charge in [0.15, 0.2) is 11.6 Å². The Balaban J connectivity index is 1.03. The van der Waals surface area contributed by atoms with Crippen molar-refractivity contribution in [1.82, 2.24) is 0 Å². The summed E-state index contributed by atoms with van der Waals surface area (Å²) in [7, 11) is 6.84. The number of allylic oxidation sites excluding steroid dienone is 4. The number of fused-ring (bicyclic) bond motifs is 8. The fourth-order valence-corrected chi connectivity index (χ4v) is 19.4. The van der Waals surface area contributed by atoms with Crippen molar-refractivity contribution in [2.45, 2.75) is 360 Å². The van der Waals surface area contributed by atoms with E-state index in [1.807, 2.05) is 107 Å². The molecule has 0 saturated carbocycles. The number of carbonyl (C=O) groups is 6. The summed E-state index contributed by atoms with van der Waals surface area (Å²) in [6.45, 7) is 31.1. The van der Waals surface area contributed by atoms with Crippen LogP contribution in [0.1, 0.15) is 247 Å². The van der Waals surface area contributed by atoms with Crippen molar-refractivity contribution < 1.29 is 105 Å². The first kappa shape index (κ1) is 100. The average molecular weight is 1830 g/mol. The molecule has 0 radical (unpaired) electrons. The van der Waals surface area contributed by atoms with Gasteiger partial charge in [-0.1, -0.05) is 147 Å². The van der Waals surface area contributed by atoms with E-state index in [4.69, 9.17) is 75.8 Å². The number of Topliss-reactive ketones (excluding diaryl/α,β-unsaturated/α-hetero) is 2. The van der Waals surface area contributed by atoms with Gasteiger partial charge in [-0.05, 0) is 168 Å². The van der Waals surface area contributed by atoms with Crippen molar-refractivity contribution in [2.24, 2.45) is 47.3 Å². The van der Waals surface area contributed by atoms with Crippen LogP contribution >= 0.6 is 31.9 Å². The number of rotatable bonds is 20. The van der Waals surface area contributed by atoms with E-state index in [2.05, 4.69) is 71.7 Å². The fourth-order valence-electron chi connectivity index (χ4n) is 18.8. The van der Waals surface area contributed by atoms with Gasteiger partial charge in [-0.25, -0.2) is 19.2 Å². The zero-order valence-electron chi connectivity index (χ0n) is 76.0. The first-order valence-corrected chi connectivity index (χ1v) is 46.4. The predicted molar refractivity (Wildman–Crippen MR) is 474 cm³/mol. The van der Waals surface area contributed by atoms with Gasteiger partial charge in [0.05, 0.1) is 121 Å². The third-order valence-corrected chi connectivity index (χ3v) is 27.1. The molecule has 0 spiro atoms. The predicted octanol–water partition coefficient (Wildman–Crippen LogP) is 19.4. The molecule has 122 heavy (non-hydrogen) atoms. The molecule has 680 valence electrons. The highest BCUT2D eigenvalue weighted by Gasteiger charge is 2.50. The van der Waals surface area contributed by atoms with E-state index in [-0.39, 0.29) is 97.3 Å². The lowest BCUT2D eigenvalue weighted by molar-refractivity contribution is -0.323. The topological polar surface area (TPSA) is 250 Å². The lowest BCUT2D eigenvalue weighted by atomic mass is 9.79. The van der Waals surface area contributed by atoms with Crippen molar-refractivity contribution in [1.29, 1.82) is 0 Å². The molecule has 4 fully saturated rings. The normalized spacial score (nSPS) is 36.3. The van der Waals surface area contributed by atoms with Crippen molar-refractivity contribution in [3.05, 3.63) is 141 Å². The van der Waals surface area contributed by atoms with Gasteiger partial charge in [0.2, 0.25) is 0 Å². The van der Waals surface area contributed by atoms with Gasteiger partial charge < -0.3 is 75.8 Å². The Morgan fingerprint density at radius 3 is 1.13 bits per heavy atom. The molecule has 0 aromatic heterocycles. The first-order chi connectivity index (χ1) is 57.9. The number of methoxy groups -OCH3 is 4. The number of benzene rings is 2. The molecule has 9 rings (SSSR count). The maximum atomic E-state index is 15.0. The molecule has 0 unspecified atom stereocenters. The number of hydrogen-bond acceptors (Lipinski definition) is 22. The summed E-state index contributed by atoms with van der Waals surface area (Å²) >= 11 is 6.99. The van der Waals surface area contributed by atoms with Crippen LogP contribution in [0.15, 0.2) is 129 Å².